The Balaban J connectivity index is 3.25. The van der Waals surface area contributed by atoms with Crippen LogP contribution in [-0.2, 0) is 4.79 Å². The van der Waals surface area contributed by atoms with E-state index in [9.17, 15) is 25.0 Å². The molecule has 9 nitrogen and oxygen atoms in total. The van der Waals surface area contributed by atoms with Gasteiger partial charge in [-0.25, -0.2) is 5.32 Å². The van der Waals surface area contributed by atoms with E-state index in [2.05, 4.69) is 5.32 Å². The van der Waals surface area contributed by atoms with Crippen LogP contribution in [0.2, 0.25) is 0 Å². The van der Waals surface area contributed by atoms with E-state index in [-0.39, 0.29) is 5.69 Å². The Morgan fingerprint density at radius 2 is 1.67 bits per heavy atom. The van der Waals surface area contributed by atoms with E-state index in [1.165, 1.54) is 12.1 Å². The molecule has 94 valence electrons. The SMILES string of the molecule is NC(=O)C(=C(Nc1ccccc1)[N+](=O)[O-])[N+](=O)[O-]. The van der Waals surface area contributed by atoms with Crippen molar-refractivity contribution in [3.8, 4) is 0 Å². The number of primary amides is 1. The largest absolute Gasteiger partial charge is 0.425 e. The average Bonchev–Trinajstić information content (AvgIpc) is 2.28. The molecule has 0 bridgehead atoms. The van der Waals surface area contributed by atoms with Gasteiger partial charge in [0.25, 0.3) is 0 Å². The van der Waals surface area contributed by atoms with Gasteiger partial charge in [-0.2, -0.15) is 0 Å². The number of rotatable bonds is 5. The number of para-hydroxylation sites is 1. The molecule has 1 aromatic rings. The van der Waals surface area contributed by atoms with Gasteiger partial charge in [-0.15, -0.1) is 0 Å². The van der Waals surface area contributed by atoms with Crippen molar-refractivity contribution in [1.82, 2.24) is 0 Å². The van der Waals surface area contributed by atoms with Crippen molar-refractivity contribution in [3.63, 3.8) is 0 Å². The number of nitro groups is 2. The van der Waals surface area contributed by atoms with Gasteiger partial charge in [0, 0.05) is 0 Å². The lowest BCUT2D eigenvalue weighted by Gasteiger charge is -2.02. The van der Waals surface area contributed by atoms with Crippen molar-refractivity contribution >= 4 is 11.6 Å². The molecule has 1 rings (SSSR count). The fourth-order valence-corrected chi connectivity index (χ4v) is 1.14. The monoisotopic (exact) mass is 252 g/mol. The van der Waals surface area contributed by atoms with E-state index in [4.69, 9.17) is 5.73 Å². The molecule has 0 heterocycles. The highest BCUT2D eigenvalue weighted by Crippen LogP contribution is 2.13. The lowest BCUT2D eigenvalue weighted by molar-refractivity contribution is -0.465. The molecule has 0 saturated heterocycles. The zero-order valence-electron chi connectivity index (χ0n) is 8.90. The second kappa shape index (κ2) is 5.39. The van der Waals surface area contributed by atoms with Gasteiger partial charge >= 0.3 is 17.4 Å². The summed E-state index contributed by atoms with van der Waals surface area (Å²) in [6.07, 6.45) is 0. The molecule has 1 amide bonds. The minimum absolute atomic E-state index is 0.227. The number of nitrogens with one attached hydrogen (secondary N) is 1. The molecule has 0 atom stereocenters. The zero-order chi connectivity index (χ0) is 13.7. The molecule has 18 heavy (non-hydrogen) atoms. The molecule has 0 aliphatic heterocycles. The van der Waals surface area contributed by atoms with Crippen LogP contribution < -0.4 is 11.1 Å². The van der Waals surface area contributed by atoms with Gasteiger partial charge in [0.1, 0.15) is 5.69 Å². The summed E-state index contributed by atoms with van der Waals surface area (Å²) < 4.78 is 0. The maximum atomic E-state index is 10.9. The third kappa shape index (κ3) is 3.01. The highest BCUT2D eigenvalue weighted by atomic mass is 16.6. The van der Waals surface area contributed by atoms with Crippen LogP contribution in [0.15, 0.2) is 41.8 Å². The molecular formula is C9H8N4O5. The Morgan fingerprint density at radius 1 is 1.11 bits per heavy atom. The number of anilines is 1. The van der Waals surface area contributed by atoms with Gasteiger partial charge in [-0.05, 0) is 17.1 Å². The number of amides is 1. The molecule has 9 heteroatoms. The summed E-state index contributed by atoms with van der Waals surface area (Å²) in [7, 11) is 0. The summed E-state index contributed by atoms with van der Waals surface area (Å²) in [6, 6.07) is 7.68. The van der Waals surface area contributed by atoms with Crippen molar-refractivity contribution in [2.24, 2.45) is 5.73 Å². The fraction of sp³-hybridized carbons (Fsp3) is 0. The highest BCUT2D eigenvalue weighted by Gasteiger charge is 2.33. The van der Waals surface area contributed by atoms with Crippen molar-refractivity contribution in [3.05, 3.63) is 62.1 Å². The maximum absolute atomic E-state index is 10.9. The molecule has 1 aromatic carbocycles. The van der Waals surface area contributed by atoms with Gasteiger partial charge in [0.2, 0.25) is 0 Å². The number of nitrogens with zero attached hydrogens (tertiary/aromatic N) is 2. The molecule has 0 aliphatic carbocycles. The van der Waals surface area contributed by atoms with Crippen LogP contribution in [0.4, 0.5) is 5.69 Å². The molecule has 0 fully saturated rings. The maximum Gasteiger partial charge on any atom is 0.425 e. The zero-order valence-corrected chi connectivity index (χ0v) is 8.90. The number of nitrogens with two attached hydrogens (primary N) is 1. The van der Waals surface area contributed by atoms with Crippen LogP contribution >= 0.6 is 0 Å². The van der Waals surface area contributed by atoms with E-state index in [1.807, 2.05) is 0 Å². The van der Waals surface area contributed by atoms with Gasteiger partial charge in [0.15, 0.2) is 0 Å². The standard InChI is InChI=1S/C9H8N4O5/c10-8(14)7(12(15)16)9(13(17)18)11-6-4-2-1-3-5-6/h1-5,11H,(H2,10,14). The minimum Gasteiger partial charge on any atom is -0.360 e. The van der Waals surface area contributed by atoms with Gasteiger partial charge in [-0.3, -0.25) is 14.9 Å². The summed E-state index contributed by atoms with van der Waals surface area (Å²) in [5, 5.41) is 23.5. The van der Waals surface area contributed by atoms with Crippen molar-refractivity contribution in [1.29, 1.82) is 0 Å². The van der Waals surface area contributed by atoms with Crippen LogP contribution in [0, 0.1) is 20.2 Å². The topological polar surface area (TPSA) is 141 Å². The number of hydrogen-bond acceptors (Lipinski definition) is 6. The van der Waals surface area contributed by atoms with E-state index in [0.29, 0.717) is 0 Å². The molecule has 0 aromatic heterocycles. The third-order valence-electron chi connectivity index (χ3n) is 1.86. The van der Waals surface area contributed by atoms with Crippen molar-refractivity contribution < 1.29 is 14.6 Å². The Morgan fingerprint density at radius 3 is 2.06 bits per heavy atom. The van der Waals surface area contributed by atoms with Crippen LogP contribution in [-0.4, -0.2) is 15.8 Å². The van der Waals surface area contributed by atoms with Gasteiger partial charge in [0.05, 0.1) is 4.92 Å². The second-order valence-electron chi connectivity index (χ2n) is 3.07. The molecule has 0 radical (unpaired) electrons. The van der Waals surface area contributed by atoms with Crippen LogP contribution in [0.5, 0.6) is 0 Å². The lowest BCUT2D eigenvalue weighted by Crippen LogP contribution is -2.27. The minimum atomic E-state index is -1.49. The Bertz CT molecular complexity index is 509. The van der Waals surface area contributed by atoms with Crippen LogP contribution in [0.25, 0.3) is 0 Å². The fourth-order valence-electron chi connectivity index (χ4n) is 1.14. The second-order valence-corrected chi connectivity index (χ2v) is 3.07. The van der Waals surface area contributed by atoms with E-state index >= 15 is 0 Å². The molecule has 3 N–H and O–H groups in total. The number of hydrogen-bond donors (Lipinski definition) is 2. The normalized spacial score (nSPS) is 11.3. The number of carbonyl (C=O) groups excluding carboxylic acids is 1. The van der Waals surface area contributed by atoms with Gasteiger partial charge in [-0.1, -0.05) is 18.2 Å². The first kappa shape index (κ1) is 13.1. The Hall–Kier alpha value is -2.97. The Kier molecular flexibility index (Phi) is 3.92. The first-order valence-electron chi connectivity index (χ1n) is 4.58. The van der Waals surface area contributed by atoms with Crippen molar-refractivity contribution in [2.75, 3.05) is 5.32 Å². The van der Waals surface area contributed by atoms with E-state index in [1.54, 1.807) is 18.2 Å². The third-order valence-corrected chi connectivity index (χ3v) is 1.86. The van der Waals surface area contributed by atoms with Crippen LogP contribution in [0.1, 0.15) is 0 Å². The van der Waals surface area contributed by atoms with Gasteiger partial charge < -0.3 is 15.8 Å². The number of carbonyl (C=O) groups is 1. The molecule has 0 aliphatic rings. The predicted molar refractivity (Wildman–Crippen MR) is 60.3 cm³/mol. The summed E-state index contributed by atoms with van der Waals surface area (Å²) in [5.74, 6) is -2.56. The smallest absolute Gasteiger partial charge is 0.360 e. The Labute approximate surface area is 100 Å². The molecular weight excluding hydrogens is 244 g/mol. The average molecular weight is 252 g/mol. The van der Waals surface area contributed by atoms with Crippen LogP contribution in [0.3, 0.4) is 0 Å². The van der Waals surface area contributed by atoms with E-state index in [0.717, 1.165) is 0 Å². The predicted octanol–water partition coefficient (Wildman–Crippen LogP) is 0.306. The first-order valence-corrected chi connectivity index (χ1v) is 4.58. The summed E-state index contributed by atoms with van der Waals surface area (Å²) in [6.45, 7) is 0. The molecule has 0 saturated carbocycles. The summed E-state index contributed by atoms with van der Waals surface area (Å²) in [4.78, 5) is 29.9. The van der Waals surface area contributed by atoms with Crippen molar-refractivity contribution in [2.45, 2.75) is 0 Å². The quantitative estimate of drug-likeness (QED) is 0.438. The number of benzene rings is 1. The molecule has 0 spiro atoms. The molecule has 0 unspecified atom stereocenters. The summed E-state index contributed by atoms with van der Waals surface area (Å²) >= 11 is 0. The first-order chi connectivity index (χ1) is 8.43. The van der Waals surface area contributed by atoms with E-state index < -0.39 is 27.3 Å². The highest BCUT2D eigenvalue weighted by molar-refractivity contribution is 5.90. The lowest BCUT2D eigenvalue weighted by atomic mass is 10.3. The summed E-state index contributed by atoms with van der Waals surface area (Å²) in [5.41, 5.74) is 3.67.